The van der Waals surface area contributed by atoms with E-state index in [-0.39, 0.29) is 24.8 Å². The lowest BCUT2D eigenvalue weighted by Crippen LogP contribution is -2.38. The predicted molar refractivity (Wildman–Crippen MR) is 79.3 cm³/mol. The number of imidazole rings is 1. The minimum atomic E-state index is -2.49. The van der Waals surface area contributed by atoms with Gasteiger partial charge in [0.2, 0.25) is 5.92 Å². The summed E-state index contributed by atoms with van der Waals surface area (Å²) in [6, 6.07) is 7.85. The van der Waals surface area contributed by atoms with Crippen molar-refractivity contribution in [1.82, 2.24) is 9.55 Å². The van der Waals surface area contributed by atoms with E-state index in [1.807, 2.05) is 35.9 Å². The monoisotopic (exact) mass is 293 g/mol. The molecule has 1 atom stereocenters. The predicted octanol–water partition coefficient (Wildman–Crippen LogP) is 3.27. The number of benzene rings is 1. The van der Waals surface area contributed by atoms with Crippen molar-refractivity contribution in [3.8, 4) is 0 Å². The van der Waals surface area contributed by atoms with Crippen LogP contribution in [-0.2, 0) is 13.5 Å². The van der Waals surface area contributed by atoms with Crippen LogP contribution in [-0.4, -0.2) is 21.5 Å². The maximum absolute atomic E-state index is 13.2. The minimum Gasteiger partial charge on any atom is -0.331 e. The quantitative estimate of drug-likeness (QED) is 0.944. The summed E-state index contributed by atoms with van der Waals surface area (Å²) in [6.45, 7) is 0. The van der Waals surface area contributed by atoms with Gasteiger partial charge in [0.25, 0.3) is 0 Å². The van der Waals surface area contributed by atoms with Crippen LogP contribution in [0.4, 0.5) is 8.78 Å². The van der Waals surface area contributed by atoms with Crippen LogP contribution in [0.15, 0.2) is 24.3 Å². The summed E-state index contributed by atoms with van der Waals surface area (Å²) in [5.74, 6) is -1.39. The highest BCUT2D eigenvalue weighted by Crippen LogP contribution is 2.37. The number of nitrogens with two attached hydrogens (primary N) is 1. The SMILES string of the molecule is Cn1c(CC(N)C2CCC(F)(F)CC2)nc2ccccc21. The summed E-state index contributed by atoms with van der Waals surface area (Å²) >= 11 is 0. The van der Waals surface area contributed by atoms with Crippen LogP contribution >= 0.6 is 0 Å². The Hall–Kier alpha value is -1.49. The van der Waals surface area contributed by atoms with E-state index in [4.69, 9.17) is 5.73 Å². The summed E-state index contributed by atoms with van der Waals surface area (Å²) in [5, 5.41) is 0. The van der Waals surface area contributed by atoms with Crippen molar-refractivity contribution < 1.29 is 8.78 Å². The molecular formula is C16H21F2N3. The van der Waals surface area contributed by atoms with Crippen molar-refractivity contribution in [2.75, 3.05) is 0 Å². The van der Waals surface area contributed by atoms with Crippen molar-refractivity contribution in [3.63, 3.8) is 0 Å². The largest absolute Gasteiger partial charge is 0.331 e. The molecule has 0 radical (unpaired) electrons. The van der Waals surface area contributed by atoms with Crippen LogP contribution in [0.5, 0.6) is 0 Å². The molecule has 21 heavy (non-hydrogen) atoms. The molecule has 1 saturated carbocycles. The van der Waals surface area contributed by atoms with E-state index in [0.29, 0.717) is 19.3 Å². The summed E-state index contributed by atoms with van der Waals surface area (Å²) in [5.41, 5.74) is 8.30. The van der Waals surface area contributed by atoms with Gasteiger partial charge in [0.1, 0.15) is 5.82 Å². The molecule has 1 aliphatic rings. The maximum Gasteiger partial charge on any atom is 0.248 e. The lowest BCUT2D eigenvalue weighted by atomic mass is 9.81. The fraction of sp³-hybridized carbons (Fsp3) is 0.562. The van der Waals surface area contributed by atoms with Gasteiger partial charge in [0.05, 0.1) is 11.0 Å². The van der Waals surface area contributed by atoms with Gasteiger partial charge >= 0.3 is 0 Å². The van der Waals surface area contributed by atoms with Crippen molar-refractivity contribution in [1.29, 1.82) is 0 Å². The number of aryl methyl sites for hydroxylation is 1. The summed E-state index contributed by atoms with van der Waals surface area (Å²) in [4.78, 5) is 4.61. The third-order valence-electron chi connectivity index (χ3n) is 4.67. The van der Waals surface area contributed by atoms with E-state index >= 15 is 0 Å². The highest BCUT2D eigenvalue weighted by molar-refractivity contribution is 5.75. The van der Waals surface area contributed by atoms with E-state index in [9.17, 15) is 8.78 Å². The molecule has 1 fully saturated rings. The molecule has 0 amide bonds. The molecule has 1 heterocycles. The number of halogens is 2. The second kappa shape index (κ2) is 5.37. The smallest absolute Gasteiger partial charge is 0.248 e. The first kappa shape index (κ1) is 14.4. The lowest BCUT2D eigenvalue weighted by Gasteiger charge is -2.31. The van der Waals surface area contributed by atoms with Crippen LogP contribution in [0.3, 0.4) is 0 Å². The lowest BCUT2D eigenvalue weighted by molar-refractivity contribution is -0.0482. The van der Waals surface area contributed by atoms with Gasteiger partial charge < -0.3 is 10.3 Å². The number of alkyl halides is 2. The number of fused-ring (bicyclic) bond motifs is 1. The number of para-hydroxylation sites is 2. The van der Waals surface area contributed by atoms with Gasteiger partial charge in [-0.2, -0.15) is 0 Å². The van der Waals surface area contributed by atoms with Crippen LogP contribution in [0.1, 0.15) is 31.5 Å². The van der Waals surface area contributed by atoms with Gasteiger partial charge in [-0.25, -0.2) is 13.8 Å². The fourth-order valence-electron chi connectivity index (χ4n) is 3.25. The number of hydrogen-bond donors (Lipinski definition) is 1. The molecule has 2 N–H and O–H groups in total. The third kappa shape index (κ3) is 2.93. The molecular weight excluding hydrogens is 272 g/mol. The normalized spacial score (nSPS) is 20.8. The molecule has 1 aromatic carbocycles. The highest BCUT2D eigenvalue weighted by Gasteiger charge is 2.36. The molecule has 0 bridgehead atoms. The van der Waals surface area contributed by atoms with Crippen LogP contribution in [0, 0.1) is 5.92 Å². The molecule has 3 rings (SSSR count). The van der Waals surface area contributed by atoms with Crippen LogP contribution in [0.2, 0.25) is 0 Å². The Morgan fingerprint density at radius 3 is 2.67 bits per heavy atom. The van der Waals surface area contributed by atoms with Gasteiger partial charge in [-0.05, 0) is 30.9 Å². The number of hydrogen-bond acceptors (Lipinski definition) is 2. The first-order chi connectivity index (χ1) is 9.96. The topological polar surface area (TPSA) is 43.8 Å². The summed E-state index contributed by atoms with van der Waals surface area (Å²) < 4.78 is 28.5. The maximum atomic E-state index is 13.2. The first-order valence-electron chi connectivity index (χ1n) is 7.50. The Bertz CT molecular complexity index is 625. The zero-order valence-corrected chi connectivity index (χ0v) is 12.2. The first-order valence-corrected chi connectivity index (χ1v) is 7.50. The van der Waals surface area contributed by atoms with E-state index in [1.54, 1.807) is 0 Å². The second-order valence-electron chi connectivity index (χ2n) is 6.14. The van der Waals surface area contributed by atoms with Gasteiger partial charge in [-0.1, -0.05) is 12.1 Å². The molecule has 0 saturated heterocycles. The highest BCUT2D eigenvalue weighted by atomic mass is 19.3. The zero-order valence-electron chi connectivity index (χ0n) is 12.2. The summed E-state index contributed by atoms with van der Waals surface area (Å²) in [7, 11) is 1.98. The fourth-order valence-corrected chi connectivity index (χ4v) is 3.25. The van der Waals surface area contributed by atoms with E-state index in [1.165, 1.54) is 0 Å². The second-order valence-corrected chi connectivity index (χ2v) is 6.14. The van der Waals surface area contributed by atoms with Crippen molar-refractivity contribution in [2.45, 2.75) is 44.1 Å². The molecule has 1 unspecified atom stereocenters. The Labute approximate surface area is 123 Å². The van der Waals surface area contributed by atoms with Crippen molar-refractivity contribution in [2.24, 2.45) is 18.7 Å². The molecule has 114 valence electrons. The average Bonchev–Trinajstić information content (AvgIpc) is 2.76. The molecule has 2 aromatic rings. The van der Waals surface area contributed by atoms with Crippen LogP contribution < -0.4 is 5.73 Å². The van der Waals surface area contributed by atoms with Gasteiger partial charge in [-0.3, -0.25) is 0 Å². The third-order valence-corrected chi connectivity index (χ3v) is 4.67. The molecule has 1 aliphatic carbocycles. The number of rotatable bonds is 3. The Balaban J connectivity index is 1.72. The molecule has 3 nitrogen and oxygen atoms in total. The Morgan fingerprint density at radius 1 is 1.33 bits per heavy atom. The molecule has 0 aliphatic heterocycles. The van der Waals surface area contributed by atoms with Gasteiger partial charge in [0.15, 0.2) is 0 Å². The molecule has 5 heteroatoms. The standard InChI is InChI=1S/C16H21F2N3/c1-21-14-5-3-2-4-13(14)20-15(21)10-12(19)11-6-8-16(17,18)9-7-11/h2-5,11-12H,6-10,19H2,1H3. The van der Waals surface area contributed by atoms with Crippen molar-refractivity contribution >= 4 is 11.0 Å². The van der Waals surface area contributed by atoms with E-state index < -0.39 is 5.92 Å². The molecule has 1 aromatic heterocycles. The minimum absolute atomic E-state index is 0.0338. The average molecular weight is 293 g/mol. The number of nitrogens with zero attached hydrogens (tertiary/aromatic N) is 2. The van der Waals surface area contributed by atoms with Gasteiger partial charge in [0, 0.05) is 32.4 Å². The van der Waals surface area contributed by atoms with Crippen molar-refractivity contribution in [3.05, 3.63) is 30.1 Å². The summed E-state index contributed by atoms with van der Waals surface area (Å²) in [6.07, 6.45) is 1.60. The zero-order chi connectivity index (χ0) is 15.0. The Morgan fingerprint density at radius 2 is 2.00 bits per heavy atom. The van der Waals surface area contributed by atoms with E-state index in [2.05, 4.69) is 4.98 Å². The van der Waals surface area contributed by atoms with Gasteiger partial charge in [-0.15, -0.1) is 0 Å². The van der Waals surface area contributed by atoms with Crippen LogP contribution in [0.25, 0.3) is 11.0 Å². The Kier molecular flexibility index (Phi) is 3.69. The molecule has 0 spiro atoms. The number of aromatic nitrogens is 2. The van der Waals surface area contributed by atoms with E-state index in [0.717, 1.165) is 16.9 Å².